The molecule has 1 heterocycles. The first kappa shape index (κ1) is 17.4. The zero-order valence-electron chi connectivity index (χ0n) is 12.6. The van der Waals surface area contributed by atoms with Gasteiger partial charge in [0.05, 0.1) is 28.7 Å². The van der Waals surface area contributed by atoms with Gasteiger partial charge in [-0.25, -0.2) is 12.7 Å². The lowest BCUT2D eigenvalue weighted by Crippen LogP contribution is -2.37. The number of nitrogens with zero attached hydrogens (tertiary/aromatic N) is 3. The topological polar surface area (TPSA) is 67.2 Å². The maximum Gasteiger partial charge on any atom is 0.214 e. The van der Waals surface area contributed by atoms with E-state index in [0.717, 1.165) is 11.4 Å². The molecule has 116 valence electrons. The molecule has 1 aromatic heterocycles. The summed E-state index contributed by atoms with van der Waals surface area (Å²) in [5, 5.41) is 8.23. The van der Waals surface area contributed by atoms with Crippen LogP contribution in [-0.4, -0.2) is 54.9 Å². The Morgan fingerprint density at radius 1 is 1.40 bits per heavy atom. The molecule has 0 amide bonds. The Morgan fingerprint density at radius 2 is 2.00 bits per heavy atom. The van der Waals surface area contributed by atoms with E-state index < -0.39 is 10.0 Å². The van der Waals surface area contributed by atoms with Crippen LogP contribution in [0.1, 0.15) is 18.3 Å². The molecule has 0 aliphatic carbocycles. The van der Waals surface area contributed by atoms with Gasteiger partial charge in [-0.3, -0.25) is 4.68 Å². The van der Waals surface area contributed by atoms with Crippen molar-refractivity contribution in [1.82, 2.24) is 19.4 Å². The summed E-state index contributed by atoms with van der Waals surface area (Å²) in [4.78, 5) is 0. The molecule has 0 aromatic carbocycles. The van der Waals surface area contributed by atoms with Crippen molar-refractivity contribution < 1.29 is 8.42 Å². The number of halogens is 1. The van der Waals surface area contributed by atoms with Crippen LogP contribution < -0.4 is 5.32 Å². The van der Waals surface area contributed by atoms with Crippen molar-refractivity contribution in [2.24, 2.45) is 0 Å². The number of hydrogen-bond donors (Lipinski definition) is 1. The van der Waals surface area contributed by atoms with Crippen LogP contribution >= 0.6 is 11.6 Å². The molecular weight excluding hydrogens is 300 g/mol. The summed E-state index contributed by atoms with van der Waals surface area (Å²) in [6.07, 6.45) is 0. The van der Waals surface area contributed by atoms with Gasteiger partial charge < -0.3 is 5.32 Å². The summed E-state index contributed by atoms with van der Waals surface area (Å²) in [5.41, 5.74) is 1.74. The third-order valence-corrected chi connectivity index (χ3v) is 5.53. The van der Waals surface area contributed by atoms with Crippen molar-refractivity contribution >= 4 is 21.6 Å². The van der Waals surface area contributed by atoms with E-state index in [1.165, 1.54) is 18.4 Å². The first-order chi connectivity index (χ1) is 9.15. The Kier molecular flexibility index (Phi) is 6.00. The summed E-state index contributed by atoms with van der Waals surface area (Å²) < 4.78 is 26.3. The number of aromatic nitrogens is 2. The van der Waals surface area contributed by atoms with E-state index in [-0.39, 0.29) is 11.8 Å². The third kappa shape index (κ3) is 4.44. The fourth-order valence-corrected chi connectivity index (χ4v) is 2.67. The van der Waals surface area contributed by atoms with Crippen molar-refractivity contribution in [3.63, 3.8) is 0 Å². The van der Waals surface area contributed by atoms with Crippen LogP contribution in [0, 0.1) is 13.8 Å². The normalized spacial score (nSPS) is 13.9. The molecule has 0 spiro atoms. The zero-order chi connectivity index (χ0) is 15.5. The lowest BCUT2D eigenvalue weighted by atomic mass is 10.3. The van der Waals surface area contributed by atoms with E-state index in [0.29, 0.717) is 18.1 Å². The van der Waals surface area contributed by atoms with E-state index >= 15 is 0 Å². The van der Waals surface area contributed by atoms with E-state index in [2.05, 4.69) is 10.4 Å². The molecule has 1 unspecified atom stereocenters. The number of sulfonamides is 1. The lowest BCUT2D eigenvalue weighted by Gasteiger charge is -2.16. The van der Waals surface area contributed by atoms with Gasteiger partial charge in [0.2, 0.25) is 10.0 Å². The molecule has 1 atom stereocenters. The highest BCUT2D eigenvalue weighted by molar-refractivity contribution is 7.89. The molecular formula is C12H23ClN4O2S. The fourth-order valence-electron chi connectivity index (χ4n) is 1.79. The van der Waals surface area contributed by atoms with Gasteiger partial charge in [0.25, 0.3) is 0 Å². The number of nitrogens with one attached hydrogen (secondary N) is 1. The van der Waals surface area contributed by atoms with Gasteiger partial charge >= 0.3 is 0 Å². The molecule has 8 heteroatoms. The molecule has 6 nitrogen and oxygen atoms in total. The summed E-state index contributed by atoms with van der Waals surface area (Å²) in [7, 11) is -0.0735. The molecule has 0 fully saturated rings. The molecule has 0 bridgehead atoms. The van der Waals surface area contributed by atoms with E-state index in [4.69, 9.17) is 11.6 Å². The van der Waals surface area contributed by atoms with Crippen LogP contribution in [0.5, 0.6) is 0 Å². The molecule has 0 saturated heterocycles. The van der Waals surface area contributed by atoms with Crippen molar-refractivity contribution in [1.29, 1.82) is 0 Å². The molecule has 20 heavy (non-hydrogen) atoms. The highest BCUT2D eigenvalue weighted by Gasteiger charge is 2.15. The van der Waals surface area contributed by atoms with Crippen LogP contribution in [0.4, 0.5) is 0 Å². The van der Waals surface area contributed by atoms with Gasteiger partial charge in [0.15, 0.2) is 0 Å². The average Bonchev–Trinajstić information content (AvgIpc) is 2.56. The van der Waals surface area contributed by atoms with E-state index in [1.807, 2.05) is 25.5 Å². The quantitative estimate of drug-likeness (QED) is 0.814. The largest absolute Gasteiger partial charge is 0.311 e. The molecule has 0 saturated carbocycles. The minimum absolute atomic E-state index is 0.0855. The maximum atomic E-state index is 11.6. The molecule has 0 radical (unpaired) electrons. The second kappa shape index (κ2) is 6.89. The molecule has 1 aromatic rings. The third-order valence-electron chi connectivity index (χ3n) is 3.15. The highest BCUT2D eigenvalue weighted by atomic mass is 35.5. The Morgan fingerprint density at radius 3 is 2.45 bits per heavy atom. The Balaban J connectivity index is 2.49. The Hall–Kier alpha value is -0.630. The Labute approximate surface area is 126 Å². The highest BCUT2D eigenvalue weighted by Crippen LogP contribution is 2.18. The predicted molar refractivity (Wildman–Crippen MR) is 81.6 cm³/mol. The van der Waals surface area contributed by atoms with Crippen LogP contribution in [0.15, 0.2) is 0 Å². The van der Waals surface area contributed by atoms with Gasteiger partial charge in [-0.1, -0.05) is 11.6 Å². The van der Waals surface area contributed by atoms with Gasteiger partial charge in [-0.05, 0) is 20.8 Å². The van der Waals surface area contributed by atoms with Crippen LogP contribution in [0.3, 0.4) is 0 Å². The summed E-state index contributed by atoms with van der Waals surface area (Å²) in [5.74, 6) is 0.0855. The van der Waals surface area contributed by atoms with Crippen molar-refractivity contribution in [2.75, 3.05) is 26.4 Å². The van der Waals surface area contributed by atoms with Crippen molar-refractivity contribution in [2.45, 2.75) is 33.4 Å². The van der Waals surface area contributed by atoms with Gasteiger partial charge in [-0.15, -0.1) is 0 Å². The second-order valence-electron chi connectivity index (χ2n) is 5.12. The van der Waals surface area contributed by atoms with Crippen LogP contribution in [0.25, 0.3) is 0 Å². The zero-order valence-corrected chi connectivity index (χ0v) is 14.2. The SMILES string of the molecule is Cc1nn(CC(C)NCCS(=O)(=O)N(C)C)c(C)c1Cl. The molecule has 0 aliphatic rings. The van der Waals surface area contributed by atoms with Crippen LogP contribution in [-0.2, 0) is 16.6 Å². The van der Waals surface area contributed by atoms with Gasteiger partial charge in [0.1, 0.15) is 0 Å². The summed E-state index contributed by atoms with van der Waals surface area (Å²) in [6.45, 7) is 6.85. The van der Waals surface area contributed by atoms with E-state index in [1.54, 1.807) is 0 Å². The van der Waals surface area contributed by atoms with E-state index in [9.17, 15) is 8.42 Å². The van der Waals surface area contributed by atoms with Gasteiger partial charge in [-0.2, -0.15) is 5.10 Å². The maximum absolute atomic E-state index is 11.6. The lowest BCUT2D eigenvalue weighted by molar-refractivity contribution is 0.450. The number of aryl methyl sites for hydroxylation is 1. The molecule has 0 aliphatic heterocycles. The Bertz CT molecular complexity index is 554. The first-order valence-electron chi connectivity index (χ1n) is 6.48. The number of hydrogen-bond acceptors (Lipinski definition) is 4. The predicted octanol–water partition coefficient (Wildman–Crippen LogP) is 1.02. The standard InChI is InChI=1S/C12H23ClN4O2S/c1-9(14-6-7-20(18,19)16(4)5)8-17-11(3)12(13)10(2)15-17/h9,14H,6-8H2,1-5H3. The van der Waals surface area contributed by atoms with Crippen LogP contribution in [0.2, 0.25) is 5.02 Å². The molecule has 1 N–H and O–H groups in total. The summed E-state index contributed by atoms with van der Waals surface area (Å²) >= 11 is 6.09. The van der Waals surface area contributed by atoms with Crippen molar-refractivity contribution in [3.8, 4) is 0 Å². The van der Waals surface area contributed by atoms with Gasteiger partial charge in [0, 0.05) is 26.7 Å². The number of rotatable bonds is 7. The van der Waals surface area contributed by atoms with Crippen molar-refractivity contribution in [3.05, 3.63) is 16.4 Å². The monoisotopic (exact) mass is 322 g/mol. The second-order valence-corrected chi connectivity index (χ2v) is 7.80. The minimum atomic E-state index is -3.15. The first-order valence-corrected chi connectivity index (χ1v) is 8.47. The summed E-state index contributed by atoms with van der Waals surface area (Å²) in [6, 6.07) is 0.112. The molecule has 1 rings (SSSR count). The smallest absolute Gasteiger partial charge is 0.214 e. The minimum Gasteiger partial charge on any atom is -0.311 e. The fraction of sp³-hybridized carbons (Fsp3) is 0.750. The average molecular weight is 323 g/mol.